The highest BCUT2D eigenvalue weighted by Crippen LogP contribution is 2.23. The molecule has 0 amide bonds. The predicted octanol–water partition coefficient (Wildman–Crippen LogP) is 1.46. The van der Waals surface area contributed by atoms with Gasteiger partial charge in [-0.25, -0.2) is 4.98 Å². The minimum absolute atomic E-state index is 0.189. The van der Waals surface area contributed by atoms with Crippen molar-refractivity contribution in [2.75, 3.05) is 13.1 Å². The van der Waals surface area contributed by atoms with E-state index < -0.39 is 0 Å². The van der Waals surface area contributed by atoms with Gasteiger partial charge < -0.3 is 14.6 Å². The molecule has 4 heteroatoms. The van der Waals surface area contributed by atoms with Crippen LogP contribution in [0.1, 0.15) is 38.2 Å². The normalized spacial score (nSPS) is 28.0. The van der Waals surface area contributed by atoms with E-state index in [1.165, 1.54) is 25.2 Å². The Labute approximate surface area is 115 Å². The molecule has 2 aliphatic heterocycles. The van der Waals surface area contributed by atoms with Crippen molar-refractivity contribution < 1.29 is 5.11 Å². The fourth-order valence-corrected chi connectivity index (χ4v) is 3.36. The predicted molar refractivity (Wildman–Crippen MR) is 75.1 cm³/mol. The van der Waals surface area contributed by atoms with E-state index in [0.717, 1.165) is 37.5 Å². The third kappa shape index (κ3) is 2.84. The summed E-state index contributed by atoms with van der Waals surface area (Å²) in [6, 6.07) is 0.662. The third-order valence-electron chi connectivity index (χ3n) is 4.58. The maximum atomic E-state index is 9.69. The second kappa shape index (κ2) is 5.25. The zero-order valence-corrected chi connectivity index (χ0v) is 12.0. The Bertz CT molecular complexity index is 441. The number of rotatable bonds is 3. The monoisotopic (exact) mass is 263 g/mol. The van der Waals surface area contributed by atoms with Crippen molar-refractivity contribution in [1.82, 2.24) is 14.5 Å². The average molecular weight is 263 g/mol. The number of fused-ring (bicyclic) bond motifs is 1. The lowest BCUT2D eigenvalue weighted by atomic mass is 10.0. The molecule has 0 bridgehead atoms. The quantitative estimate of drug-likeness (QED) is 0.897. The summed E-state index contributed by atoms with van der Waals surface area (Å²) >= 11 is 0. The third-order valence-corrected chi connectivity index (χ3v) is 4.58. The van der Waals surface area contributed by atoms with Gasteiger partial charge in [0.15, 0.2) is 0 Å². The molecular formula is C15H25N3O. The highest BCUT2D eigenvalue weighted by atomic mass is 16.3. The van der Waals surface area contributed by atoms with E-state index in [1.54, 1.807) is 0 Å². The lowest BCUT2D eigenvalue weighted by Gasteiger charge is -2.19. The Kier molecular flexibility index (Phi) is 3.63. The summed E-state index contributed by atoms with van der Waals surface area (Å²) < 4.78 is 2.23. The number of likely N-dealkylation sites (tertiary alicyclic amines) is 1. The largest absolute Gasteiger partial charge is 0.393 e. The van der Waals surface area contributed by atoms with Crippen molar-refractivity contribution in [3.05, 3.63) is 17.7 Å². The minimum Gasteiger partial charge on any atom is -0.393 e. The summed E-state index contributed by atoms with van der Waals surface area (Å²) in [6.45, 7) is 7.92. The smallest absolute Gasteiger partial charge is 0.111 e. The molecule has 106 valence electrons. The molecule has 0 spiro atoms. The number of hydrogen-bond donors (Lipinski definition) is 1. The number of aromatic nitrogens is 2. The summed E-state index contributed by atoms with van der Waals surface area (Å²) in [5.74, 6) is 1.83. The van der Waals surface area contributed by atoms with Crippen LogP contribution in [-0.2, 0) is 19.4 Å². The van der Waals surface area contributed by atoms with E-state index in [0.29, 0.717) is 6.04 Å². The molecule has 0 saturated carbocycles. The van der Waals surface area contributed by atoms with Crippen LogP contribution >= 0.6 is 0 Å². The molecule has 1 aromatic rings. The fourth-order valence-electron chi connectivity index (χ4n) is 3.36. The number of aryl methyl sites for hydroxylation is 1. The van der Waals surface area contributed by atoms with Gasteiger partial charge in [-0.1, -0.05) is 0 Å². The van der Waals surface area contributed by atoms with Gasteiger partial charge in [0, 0.05) is 31.7 Å². The van der Waals surface area contributed by atoms with Crippen molar-refractivity contribution in [2.45, 2.75) is 58.2 Å². The van der Waals surface area contributed by atoms with Crippen molar-refractivity contribution in [2.24, 2.45) is 5.92 Å². The van der Waals surface area contributed by atoms with E-state index in [1.807, 2.05) is 0 Å². The minimum atomic E-state index is -0.189. The molecule has 1 saturated heterocycles. The molecule has 19 heavy (non-hydrogen) atoms. The van der Waals surface area contributed by atoms with E-state index in [2.05, 4.69) is 29.5 Å². The van der Waals surface area contributed by atoms with Gasteiger partial charge in [0.25, 0.3) is 0 Å². The average Bonchev–Trinajstić information content (AvgIpc) is 2.95. The first-order chi connectivity index (χ1) is 9.11. The van der Waals surface area contributed by atoms with Gasteiger partial charge >= 0.3 is 0 Å². The van der Waals surface area contributed by atoms with Crippen LogP contribution < -0.4 is 0 Å². The Hall–Kier alpha value is -0.870. The molecule has 0 aliphatic carbocycles. The van der Waals surface area contributed by atoms with Crippen LogP contribution in [0.2, 0.25) is 0 Å². The van der Waals surface area contributed by atoms with Crippen LogP contribution in [0.5, 0.6) is 0 Å². The second-order valence-corrected chi connectivity index (χ2v) is 6.44. The first-order valence-electron chi connectivity index (χ1n) is 7.59. The van der Waals surface area contributed by atoms with Crippen LogP contribution in [0.25, 0.3) is 0 Å². The van der Waals surface area contributed by atoms with Gasteiger partial charge in [-0.3, -0.25) is 0 Å². The van der Waals surface area contributed by atoms with Gasteiger partial charge in [-0.2, -0.15) is 0 Å². The molecule has 2 aliphatic rings. The number of hydrogen-bond acceptors (Lipinski definition) is 3. The lowest BCUT2D eigenvalue weighted by molar-refractivity contribution is 0.141. The van der Waals surface area contributed by atoms with E-state index in [-0.39, 0.29) is 6.10 Å². The molecule has 1 aromatic heterocycles. The van der Waals surface area contributed by atoms with Crippen molar-refractivity contribution in [3.8, 4) is 0 Å². The number of aliphatic hydroxyl groups excluding tert-OH is 1. The Morgan fingerprint density at radius 2 is 2.21 bits per heavy atom. The lowest BCUT2D eigenvalue weighted by Crippen LogP contribution is -2.28. The number of nitrogens with zero attached hydrogens (tertiary/aromatic N) is 3. The Balaban J connectivity index is 1.62. The summed E-state index contributed by atoms with van der Waals surface area (Å²) in [5, 5.41) is 9.69. The Morgan fingerprint density at radius 3 is 2.95 bits per heavy atom. The molecule has 0 radical (unpaired) electrons. The second-order valence-electron chi connectivity index (χ2n) is 6.44. The van der Waals surface area contributed by atoms with Gasteiger partial charge in [0.1, 0.15) is 5.82 Å². The topological polar surface area (TPSA) is 41.3 Å². The molecule has 1 fully saturated rings. The highest BCUT2D eigenvalue weighted by molar-refractivity contribution is 5.08. The van der Waals surface area contributed by atoms with Gasteiger partial charge in [-0.05, 0) is 45.6 Å². The van der Waals surface area contributed by atoms with Crippen LogP contribution in [0.3, 0.4) is 0 Å². The van der Waals surface area contributed by atoms with Crippen molar-refractivity contribution >= 4 is 0 Å². The summed E-state index contributed by atoms with van der Waals surface area (Å²) in [4.78, 5) is 7.28. The maximum absolute atomic E-state index is 9.69. The van der Waals surface area contributed by atoms with E-state index >= 15 is 0 Å². The number of aliphatic hydroxyl groups is 1. The molecular weight excluding hydrogens is 238 g/mol. The van der Waals surface area contributed by atoms with Gasteiger partial charge in [0.2, 0.25) is 0 Å². The van der Waals surface area contributed by atoms with Crippen LogP contribution in [0.4, 0.5) is 0 Å². The molecule has 3 heterocycles. The zero-order valence-electron chi connectivity index (χ0n) is 12.0. The first-order valence-corrected chi connectivity index (χ1v) is 7.59. The maximum Gasteiger partial charge on any atom is 0.111 e. The molecule has 2 atom stereocenters. The van der Waals surface area contributed by atoms with E-state index in [4.69, 9.17) is 4.98 Å². The van der Waals surface area contributed by atoms with Crippen LogP contribution in [0, 0.1) is 5.92 Å². The highest BCUT2D eigenvalue weighted by Gasteiger charge is 2.26. The standard InChI is InChI=1S/C15H25N3O/c1-11(2)17-5-3-12(9-17)7-13-10-18-6-4-14(19)8-15(18)16-13/h10-12,14,19H,3-9H2,1-2H3. The molecule has 3 rings (SSSR count). The van der Waals surface area contributed by atoms with Crippen molar-refractivity contribution in [3.63, 3.8) is 0 Å². The molecule has 0 aromatic carbocycles. The van der Waals surface area contributed by atoms with Crippen LogP contribution in [-0.4, -0.2) is 44.8 Å². The van der Waals surface area contributed by atoms with Gasteiger partial charge in [0.05, 0.1) is 11.8 Å². The summed E-state index contributed by atoms with van der Waals surface area (Å²) in [6.07, 6.45) is 6.00. The summed E-state index contributed by atoms with van der Waals surface area (Å²) in [7, 11) is 0. The van der Waals surface area contributed by atoms with Crippen LogP contribution in [0.15, 0.2) is 6.20 Å². The summed E-state index contributed by atoms with van der Waals surface area (Å²) in [5.41, 5.74) is 1.22. The first kappa shape index (κ1) is 13.1. The Morgan fingerprint density at radius 1 is 1.37 bits per heavy atom. The molecule has 1 N–H and O–H groups in total. The number of imidazole rings is 1. The SMILES string of the molecule is CC(C)N1CCC(Cc2cn3c(n2)CC(O)CC3)C1. The van der Waals surface area contributed by atoms with E-state index in [9.17, 15) is 5.11 Å². The van der Waals surface area contributed by atoms with Crippen molar-refractivity contribution in [1.29, 1.82) is 0 Å². The molecule has 4 nitrogen and oxygen atoms in total. The molecule has 2 unspecified atom stereocenters. The van der Waals surface area contributed by atoms with Gasteiger partial charge in [-0.15, -0.1) is 0 Å². The fraction of sp³-hybridized carbons (Fsp3) is 0.800. The zero-order chi connectivity index (χ0) is 13.4.